The fourth-order valence-corrected chi connectivity index (χ4v) is 9.44. The van der Waals surface area contributed by atoms with Gasteiger partial charge in [0.2, 0.25) is 0 Å². The van der Waals surface area contributed by atoms with E-state index < -0.39 is 0 Å². The molecule has 18 heavy (non-hydrogen) atoms. The first-order chi connectivity index (χ1) is 8.92. The number of hydrogen-bond donors (Lipinski definition) is 0. The predicted octanol–water partition coefficient (Wildman–Crippen LogP) is 5.21. The Morgan fingerprint density at radius 2 is 1.28 bits per heavy atom. The Morgan fingerprint density at radius 3 is 1.72 bits per heavy atom. The molecule has 0 aromatic rings. The lowest BCUT2D eigenvalue weighted by Crippen LogP contribution is -2.49. The van der Waals surface area contributed by atoms with Crippen LogP contribution in [0, 0.1) is 0 Å². The van der Waals surface area contributed by atoms with Crippen molar-refractivity contribution in [2.24, 2.45) is 0 Å². The van der Waals surface area contributed by atoms with Crippen molar-refractivity contribution >= 4 is 35.3 Å². The van der Waals surface area contributed by atoms with Crippen LogP contribution in [0.3, 0.4) is 0 Å². The molecule has 104 valence electrons. The summed E-state index contributed by atoms with van der Waals surface area (Å²) < 4.78 is 0.661. The lowest BCUT2D eigenvalue weighted by atomic mass is 9.87. The van der Waals surface area contributed by atoms with Crippen LogP contribution < -0.4 is 0 Å². The molecule has 2 atom stereocenters. The molecule has 3 aliphatic heterocycles. The Kier molecular flexibility index (Phi) is 5.19. The molecule has 0 aromatic heterocycles. The van der Waals surface area contributed by atoms with Crippen LogP contribution in [0.15, 0.2) is 0 Å². The van der Waals surface area contributed by atoms with Crippen LogP contribution in [0.25, 0.3) is 0 Å². The molecule has 3 aliphatic rings. The van der Waals surface area contributed by atoms with Crippen molar-refractivity contribution in [2.45, 2.75) is 73.0 Å². The predicted molar refractivity (Wildman–Crippen MR) is 89.2 cm³/mol. The zero-order valence-corrected chi connectivity index (χ0v) is 13.8. The zero-order valence-electron chi connectivity index (χ0n) is 11.4. The van der Waals surface area contributed by atoms with Gasteiger partial charge in [0.15, 0.2) is 0 Å². The van der Waals surface area contributed by atoms with Gasteiger partial charge in [0.05, 0.1) is 0 Å². The standard InChI is InChI=1S/C15H26S3/c1-4-10-16-13(7-1)15(9-3-6-12-18-15)14-8-2-5-11-17-14/h13-14H,1-12H2. The van der Waals surface area contributed by atoms with Gasteiger partial charge in [-0.05, 0) is 55.8 Å². The third-order valence-electron chi connectivity index (χ3n) is 4.78. The lowest BCUT2D eigenvalue weighted by molar-refractivity contribution is 0.418. The van der Waals surface area contributed by atoms with E-state index in [0.717, 1.165) is 10.5 Å². The number of hydrogen-bond acceptors (Lipinski definition) is 3. The molecule has 0 aromatic carbocycles. The van der Waals surface area contributed by atoms with Gasteiger partial charge >= 0.3 is 0 Å². The molecule has 0 bridgehead atoms. The van der Waals surface area contributed by atoms with Crippen LogP contribution in [-0.2, 0) is 0 Å². The maximum atomic E-state index is 2.38. The quantitative estimate of drug-likeness (QED) is 0.687. The summed E-state index contributed by atoms with van der Waals surface area (Å²) in [6, 6.07) is 0. The largest absolute Gasteiger partial charge is 0.157 e. The van der Waals surface area contributed by atoms with E-state index in [0.29, 0.717) is 4.75 Å². The lowest BCUT2D eigenvalue weighted by Gasteiger charge is -2.50. The Balaban J connectivity index is 1.77. The summed E-state index contributed by atoms with van der Waals surface area (Å²) in [4.78, 5) is 0. The summed E-state index contributed by atoms with van der Waals surface area (Å²) in [7, 11) is 0. The SMILES string of the molecule is C1CCC(C2(C3CCCCS3)CCCCS2)SC1. The minimum absolute atomic E-state index is 0.661. The summed E-state index contributed by atoms with van der Waals surface area (Å²) >= 11 is 7.04. The van der Waals surface area contributed by atoms with Crippen molar-refractivity contribution in [2.75, 3.05) is 17.3 Å². The van der Waals surface area contributed by atoms with Crippen LogP contribution in [0.4, 0.5) is 0 Å². The van der Waals surface area contributed by atoms with Gasteiger partial charge in [-0.1, -0.05) is 19.3 Å². The van der Waals surface area contributed by atoms with Crippen molar-refractivity contribution in [3.8, 4) is 0 Å². The normalized spacial score (nSPS) is 42.7. The molecule has 3 fully saturated rings. The van der Waals surface area contributed by atoms with Crippen LogP contribution in [0.1, 0.15) is 57.8 Å². The summed E-state index contributed by atoms with van der Waals surface area (Å²) in [6.07, 6.45) is 13.5. The van der Waals surface area contributed by atoms with Gasteiger partial charge in [0, 0.05) is 15.2 Å². The second-order valence-corrected chi connectivity index (χ2v) is 10.0. The topological polar surface area (TPSA) is 0 Å². The molecule has 0 radical (unpaired) electrons. The summed E-state index contributed by atoms with van der Waals surface area (Å²) in [5.74, 6) is 4.31. The number of thioether (sulfide) groups is 3. The smallest absolute Gasteiger partial charge is 0.0396 e. The van der Waals surface area contributed by atoms with Crippen molar-refractivity contribution in [1.29, 1.82) is 0 Å². The molecule has 2 unspecified atom stereocenters. The van der Waals surface area contributed by atoms with Gasteiger partial charge in [-0.2, -0.15) is 35.3 Å². The van der Waals surface area contributed by atoms with E-state index in [4.69, 9.17) is 0 Å². The van der Waals surface area contributed by atoms with Crippen LogP contribution in [0.5, 0.6) is 0 Å². The highest BCUT2D eigenvalue weighted by Gasteiger charge is 2.47. The fraction of sp³-hybridized carbons (Fsp3) is 1.00. The minimum atomic E-state index is 0.661. The summed E-state index contributed by atoms with van der Waals surface area (Å²) in [5.41, 5.74) is 0. The highest BCUT2D eigenvalue weighted by atomic mass is 32.2. The molecule has 0 saturated carbocycles. The van der Waals surface area contributed by atoms with Crippen molar-refractivity contribution in [3.63, 3.8) is 0 Å². The zero-order chi connectivity index (χ0) is 12.3. The van der Waals surface area contributed by atoms with Crippen molar-refractivity contribution in [3.05, 3.63) is 0 Å². The first-order valence-corrected chi connectivity index (χ1v) is 10.9. The molecular formula is C15H26S3. The maximum Gasteiger partial charge on any atom is 0.0396 e. The van der Waals surface area contributed by atoms with E-state index >= 15 is 0 Å². The second kappa shape index (κ2) is 6.67. The third kappa shape index (κ3) is 2.88. The molecule has 3 rings (SSSR count). The highest BCUT2D eigenvalue weighted by Crippen LogP contribution is 2.54. The van der Waals surface area contributed by atoms with Gasteiger partial charge in [-0.15, -0.1) is 0 Å². The van der Waals surface area contributed by atoms with Crippen LogP contribution in [0.2, 0.25) is 0 Å². The van der Waals surface area contributed by atoms with Crippen molar-refractivity contribution < 1.29 is 0 Å². The molecular weight excluding hydrogens is 276 g/mol. The second-order valence-electron chi connectivity index (χ2n) is 5.97. The monoisotopic (exact) mass is 302 g/mol. The Labute approximate surface area is 125 Å². The summed E-state index contributed by atoms with van der Waals surface area (Å²) in [5, 5.41) is 1.96. The minimum Gasteiger partial charge on any atom is -0.157 e. The molecule has 3 saturated heterocycles. The Hall–Kier alpha value is 1.05. The van der Waals surface area contributed by atoms with Gasteiger partial charge in [0.25, 0.3) is 0 Å². The van der Waals surface area contributed by atoms with Crippen LogP contribution in [-0.4, -0.2) is 32.5 Å². The van der Waals surface area contributed by atoms with E-state index in [9.17, 15) is 0 Å². The number of rotatable bonds is 2. The van der Waals surface area contributed by atoms with Gasteiger partial charge in [-0.3, -0.25) is 0 Å². The van der Waals surface area contributed by atoms with Gasteiger partial charge in [0.1, 0.15) is 0 Å². The maximum absolute atomic E-state index is 2.38. The van der Waals surface area contributed by atoms with E-state index in [2.05, 4.69) is 35.3 Å². The Bertz CT molecular complexity index is 228. The molecule has 0 aliphatic carbocycles. The average molecular weight is 303 g/mol. The first-order valence-electron chi connectivity index (χ1n) is 7.79. The average Bonchev–Trinajstić information content (AvgIpc) is 2.50. The van der Waals surface area contributed by atoms with E-state index in [1.807, 2.05) is 0 Å². The van der Waals surface area contributed by atoms with Gasteiger partial charge < -0.3 is 0 Å². The van der Waals surface area contributed by atoms with E-state index in [-0.39, 0.29) is 0 Å². The summed E-state index contributed by atoms with van der Waals surface area (Å²) in [6.45, 7) is 0. The molecule has 0 N–H and O–H groups in total. The molecule has 0 amide bonds. The van der Waals surface area contributed by atoms with Gasteiger partial charge in [-0.25, -0.2) is 0 Å². The first kappa shape index (κ1) is 14.0. The highest BCUT2D eigenvalue weighted by molar-refractivity contribution is 8.06. The fourth-order valence-electron chi connectivity index (χ4n) is 3.81. The molecule has 3 heterocycles. The van der Waals surface area contributed by atoms with Crippen LogP contribution >= 0.6 is 35.3 Å². The molecule has 0 spiro atoms. The third-order valence-corrected chi connectivity index (χ3v) is 10.0. The molecule has 3 heteroatoms. The van der Waals surface area contributed by atoms with E-state index in [1.165, 1.54) is 75.0 Å². The molecule has 0 nitrogen and oxygen atoms in total. The van der Waals surface area contributed by atoms with E-state index in [1.54, 1.807) is 0 Å². The Morgan fingerprint density at radius 1 is 0.667 bits per heavy atom. The van der Waals surface area contributed by atoms with Crippen molar-refractivity contribution in [1.82, 2.24) is 0 Å².